The Balaban J connectivity index is 2.66. The van der Waals surface area contributed by atoms with Crippen LogP contribution in [-0.2, 0) is 4.79 Å². The summed E-state index contributed by atoms with van der Waals surface area (Å²) in [6.07, 6.45) is 1.68. The fourth-order valence-electron chi connectivity index (χ4n) is 1.27. The minimum absolute atomic E-state index is 0.0451. The van der Waals surface area contributed by atoms with E-state index in [-0.39, 0.29) is 11.8 Å². The van der Waals surface area contributed by atoms with Gasteiger partial charge in [-0.25, -0.2) is 5.43 Å². The number of carbonyl (C=O) groups is 1. The second-order valence-electron chi connectivity index (χ2n) is 4.25. The highest BCUT2D eigenvalue weighted by Crippen LogP contribution is 2.07. The Labute approximate surface area is 96.6 Å². The Morgan fingerprint density at radius 2 is 2.06 bits per heavy atom. The summed E-state index contributed by atoms with van der Waals surface area (Å²) < 4.78 is 0. The average Bonchev–Trinajstić information content (AvgIpc) is 2.20. The zero-order valence-corrected chi connectivity index (χ0v) is 10.2. The molecule has 1 N–H and O–H groups in total. The first kappa shape index (κ1) is 12.4. The van der Waals surface area contributed by atoms with Gasteiger partial charge in [-0.2, -0.15) is 5.10 Å². The van der Waals surface area contributed by atoms with Gasteiger partial charge in [0.15, 0.2) is 0 Å². The second kappa shape index (κ2) is 5.45. The van der Waals surface area contributed by atoms with Crippen LogP contribution in [0.5, 0.6) is 0 Å². The molecule has 0 heterocycles. The van der Waals surface area contributed by atoms with Crippen molar-refractivity contribution in [2.45, 2.75) is 27.7 Å². The predicted octanol–water partition coefficient (Wildman–Crippen LogP) is 2.41. The smallest absolute Gasteiger partial charge is 0.242 e. The summed E-state index contributed by atoms with van der Waals surface area (Å²) in [6, 6.07) is 6.11. The lowest BCUT2D eigenvalue weighted by molar-refractivity contribution is -0.123. The quantitative estimate of drug-likeness (QED) is 0.614. The molecule has 0 fully saturated rings. The van der Waals surface area contributed by atoms with Gasteiger partial charge in [-0.05, 0) is 25.0 Å². The van der Waals surface area contributed by atoms with Crippen molar-refractivity contribution in [3.05, 3.63) is 34.9 Å². The highest BCUT2D eigenvalue weighted by Gasteiger charge is 2.03. The van der Waals surface area contributed by atoms with Crippen LogP contribution in [0.1, 0.15) is 30.5 Å². The summed E-state index contributed by atoms with van der Waals surface area (Å²) in [5, 5.41) is 3.93. The van der Waals surface area contributed by atoms with Crippen molar-refractivity contribution in [2.24, 2.45) is 11.0 Å². The van der Waals surface area contributed by atoms with Crippen molar-refractivity contribution in [1.82, 2.24) is 5.43 Å². The third-order valence-electron chi connectivity index (χ3n) is 2.33. The maximum atomic E-state index is 11.2. The molecule has 86 valence electrons. The van der Waals surface area contributed by atoms with Gasteiger partial charge in [0.25, 0.3) is 0 Å². The van der Waals surface area contributed by atoms with E-state index in [9.17, 15) is 4.79 Å². The number of benzene rings is 1. The molecule has 16 heavy (non-hydrogen) atoms. The predicted molar refractivity (Wildman–Crippen MR) is 66.5 cm³/mol. The number of hydrogen-bond donors (Lipinski definition) is 1. The normalized spacial score (nSPS) is 11.1. The number of hydrogen-bond acceptors (Lipinski definition) is 2. The van der Waals surface area contributed by atoms with Crippen LogP contribution in [-0.4, -0.2) is 12.1 Å². The van der Waals surface area contributed by atoms with Crippen LogP contribution in [0.2, 0.25) is 0 Å². The van der Waals surface area contributed by atoms with Crippen LogP contribution in [0.25, 0.3) is 0 Å². The monoisotopic (exact) mass is 218 g/mol. The van der Waals surface area contributed by atoms with E-state index in [2.05, 4.69) is 23.5 Å². The van der Waals surface area contributed by atoms with Crippen LogP contribution in [0.4, 0.5) is 0 Å². The van der Waals surface area contributed by atoms with E-state index in [0.717, 1.165) is 11.1 Å². The molecule has 0 spiro atoms. The zero-order chi connectivity index (χ0) is 12.1. The molecule has 0 aliphatic carbocycles. The molecular formula is C13H18N2O. The standard InChI is InChI=1S/C13H18N2O/c1-9(2)13(16)15-14-8-12-6-5-10(3)7-11(12)4/h5-9H,1-4H3,(H,15,16)/b14-8+. The number of hydrazone groups is 1. The first-order valence-electron chi connectivity index (χ1n) is 5.41. The van der Waals surface area contributed by atoms with Gasteiger partial charge >= 0.3 is 0 Å². The van der Waals surface area contributed by atoms with E-state index in [1.54, 1.807) is 6.21 Å². The number of nitrogens with zero attached hydrogens (tertiary/aromatic N) is 1. The largest absolute Gasteiger partial charge is 0.273 e. The molecule has 1 amide bonds. The first-order chi connectivity index (χ1) is 7.50. The minimum atomic E-state index is -0.0685. The molecular weight excluding hydrogens is 200 g/mol. The summed E-state index contributed by atoms with van der Waals surface area (Å²) in [6.45, 7) is 7.75. The molecule has 0 aromatic heterocycles. The third-order valence-corrected chi connectivity index (χ3v) is 2.33. The SMILES string of the molecule is Cc1ccc(/C=N/NC(=O)C(C)C)c(C)c1. The van der Waals surface area contributed by atoms with Gasteiger partial charge in [-0.1, -0.05) is 37.6 Å². The van der Waals surface area contributed by atoms with Gasteiger partial charge in [0.05, 0.1) is 6.21 Å². The first-order valence-corrected chi connectivity index (χ1v) is 5.41. The molecule has 1 rings (SSSR count). The van der Waals surface area contributed by atoms with E-state index in [1.165, 1.54) is 5.56 Å². The number of nitrogens with one attached hydrogen (secondary N) is 1. The van der Waals surface area contributed by atoms with Gasteiger partial charge in [0.2, 0.25) is 5.91 Å². The van der Waals surface area contributed by atoms with Crippen molar-refractivity contribution in [2.75, 3.05) is 0 Å². The van der Waals surface area contributed by atoms with Crippen molar-refractivity contribution in [1.29, 1.82) is 0 Å². The third kappa shape index (κ3) is 3.50. The summed E-state index contributed by atoms with van der Waals surface area (Å²) in [5.74, 6) is -0.114. The van der Waals surface area contributed by atoms with Crippen LogP contribution >= 0.6 is 0 Å². The van der Waals surface area contributed by atoms with Gasteiger partial charge in [0.1, 0.15) is 0 Å². The highest BCUT2D eigenvalue weighted by atomic mass is 16.2. The van der Waals surface area contributed by atoms with Gasteiger partial charge < -0.3 is 0 Å². The number of amides is 1. The Hall–Kier alpha value is -1.64. The highest BCUT2D eigenvalue weighted by molar-refractivity contribution is 5.84. The van der Waals surface area contributed by atoms with E-state index < -0.39 is 0 Å². The summed E-state index contributed by atoms with van der Waals surface area (Å²) in [7, 11) is 0. The average molecular weight is 218 g/mol. The molecule has 1 aromatic carbocycles. The van der Waals surface area contributed by atoms with Crippen molar-refractivity contribution in [3.63, 3.8) is 0 Å². The fourth-order valence-corrected chi connectivity index (χ4v) is 1.27. The number of aryl methyl sites for hydroxylation is 2. The molecule has 0 radical (unpaired) electrons. The van der Waals surface area contributed by atoms with Crippen LogP contribution < -0.4 is 5.43 Å². The van der Waals surface area contributed by atoms with Crippen molar-refractivity contribution in [3.8, 4) is 0 Å². The van der Waals surface area contributed by atoms with Gasteiger partial charge in [-0.15, -0.1) is 0 Å². The lowest BCUT2D eigenvalue weighted by Crippen LogP contribution is -2.22. The molecule has 0 aliphatic rings. The zero-order valence-electron chi connectivity index (χ0n) is 10.2. The Bertz CT molecular complexity index is 408. The molecule has 0 bridgehead atoms. The maximum absolute atomic E-state index is 11.2. The van der Waals surface area contributed by atoms with Gasteiger partial charge in [0, 0.05) is 5.92 Å². The van der Waals surface area contributed by atoms with E-state index >= 15 is 0 Å². The van der Waals surface area contributed by atoms with Crippen molar-refractivity contribution >= 4 is 12.1 Å². The van der Waals surface area contributed by atoms with E-state index in [4.69, 9.17) is 0 Å². The fraction of sp³-hybridized carbons (Fsp3) is 0.385. The molecule has 0 saturated heterocycles. The van der Waals surface area contributed by atoms with Crippen LogP contribution in [0.15, 0.2) is 23.3 Å². The molecule has 0 aliphatic heterocycles. The van der Waals surface area contributed by atoms with E-state index in [0.29, 0.717) is 0 Å². The molecule has 0 atom stereocenters. The Morgan fingerprint density at radius 3 is 2.62 bits per heavy atom. The van der Waals surface area contributed by atoms with Crippen molar-refractivity contribution < 1.29 is 4.79 Å². The number of carbonyl (C=O) groups excluding carboxylic acids is 1. The second-order valence-corrected chi connectivity index (χ2v) is 4.25. The number of rotatable bonds is 3. The molecule has 3 heteroatoms. The minimum Gasteiger partial charge on any atom is -0.273 e. The van der Waals surface area contributed by atoms with Crippen LogP contribution in [0.3, 0.4) is 0 Å². The Morgan fingerprint density at radius 1 is 1.38 bits per heavy atom. The molecule has 3 nitrogen and oxygen atoms in total. The lowest BCUT2D eigenvalue weighted by Gasteiger charge is -2.03. The maximum Gasteiger partial charge on any atom is 0.242 e. The Kier molecular flexibility index (Phi) is 4.23. The molecule has 0 unspecified atom stereocenters. The van der Waals surface area contributed by atoms with Crippen LogP contribution in [0, 0.1) is 19.8 Å². The van der Waals surface area contributed by atoms with Gasteiger partial charge in [-0.3, -0.25) is 4.79 Å². The summed E-state index contributed by atoms with van der Waals surface area (Å²) >= 11 is 0. The molecule has 1 aromatic rings. The lowest BCUT2D eigenvalue weighted by atomic mass is 10.1. The molecule has 0 saturated carbocycles. The van der Waals surface area contributed by atoms with E-state index in [1.807, 2.05) is 32.9 Å². The summed E-state index contributed by atoms with van der Waals surface area (Å²) in [5.41, 5.74) is 5.90. The topological polar surface area (TPSA) is 41.5 Å². The summed E-state index contributed by atoms with van der Waals surface area (Å²) in [4.78, 5) is 11.2.